The molecule has 0 radical (unpaired) electrons. The van der Waals surface area contributed by atoms with Gasteiger partial charge >= 0.3 is 5.97 Å². The van der Waals surface area contributed by atoms with Gasteiger partial charge in [-0.3, -0.25) is 19.3 Å². The van der Waals surface area contributed by atoms with Gasteiger partial charge in [0.15, 0.2) is 0 Å². The molecule has 0 aliphatic carbocycles. The second kappa shape index (κ2) is 9.11. The van der Waals surface area contributed by atoms with Crippen LogP contribution in [0.1, 0.15) is 24.3 Å². The average Bonchev–Trinajstić information content (AvgIpc) is 3.65. The third-order valence-electron chi connectivity index (χ3n) is 7.03. The number of non-ortho nitro benzene ring substituents is 1. The number of aliphatic hydroxyl groups is 1. The third-order valence-corrected chi connectivity index (χ3v) is 8.76. The minimum absolute atomic E-state index is 0.0616. The van der Waals surface area contributed by atoms with E-state index in [9.17, 15) is 24.8 Å². The molecule has 1 saturated heterocycles. The summed E-state index contributed by atoms with van der Waals surface area (Å²) in [7, 11) is 0. The molecular formula is C25H21N5O6S2. The molecule has 1 N–H and O–H groups in total. The fourth-order valence-electron chi connectivity index (χ4n) is 5.24. The number of carbonyl (C=O) groups excluding carboxylic acids is 2. The van der Waals surface area contributed by atoms with Gasteiger partial charge in [-0.05, 0) is 24.6 Å². The highest BCUT2D eigenvalue weighted by molar-refractivity contribution is 7.19. The van der Waals surface area contributed by atoms with Gasteiger partial charge in [0.05, 0.1) is 33.4 Å². The normalized spacial score (nSPS) is 21.5. The summed E-state index contributed by atoms with van der Waals surface area (Å²) in [6.45, 7) is 3.41. The molecule has 1 amide bonds. The predicted molar refractivity (Wildman–Crippen MR) is 139 cm³/mol. The predicted octanol–water partition coefficient (Wildman–Crippen LogP) is 3.74. The first-order valence-electron chi connectivity index (χ1n) is 11.8. The Morgan fingerprint density at radius 2 is 2.05 bits per heavy atom. The fraction of sp³-hybridized carbons (Fsp3) is 0.280. The van der Waals surface area contributed by atoms with Gasteiger partial charge in [0.2, 0.25) is 5.91 Å². The number of nitro groups is 1. The van der Waals surface area contributed by atoms with Crippen molar-refractivity contribution in [1.82, 2.24) is 19.3 Å². The largest absolute Gasteiger partial charge is 0.456 e. The molecule has 11 nitrogen and oxygen atoms in total. The van der Waals surface area contributed by atoms with Crippen molar-refractivity contribution in [1.29, 1.82) is 0 Å². The van der Waals surface area contributed by atoms with Crippen LogP contribution in [0.2, 0.25) is 0 Å². The van der Waals surface area contributed by atoms with Crippen LogP contribution in [0.4, 0.5) is 5.69 Å². The number of thiazole rings is 2. The summed E-state index contributed by atoms with van der Waals surface area (Å²) < 4.78 is 7.47. The number of amides is 1. The van der Waals surface area contributed by atoms with Crippen molar-refractivity contribution < 1.29 is 24.4 Å². The van der Waals surface area contributed by atoms with Crippen molar-refractivity contribution in [2.24, 2.45) is 11.8 Å². The van der Waals surface area contributed by atoms with Crippen molar-refractivity contribution in [2.45, 2.75) is 32.6 Å². The van der Waals surface area contributed by atoms with E-state index in [4.69, 9.17) is 4.74 Å². The number of benzene rings is 1. The molecule has 5 heterocycles. The number of nitrogens with zero attached hydrogens (tertiary/aromatic N) is 5. The zero-order valence-corrected chi connectivity index (χ0v) is 21.8. The van der Waals surface area contributed by atoms with Crippen LogP contribution in [0.15, 0.2) is 53.4 Å². The van der Waals surface area contributed by atoms with Gasteiger partial charge in [-0.1, -0.05) is 6.92 Å². The SMILES string of the molecule is C[C@@H](O)[C@H]1C(=O)N2C(C(=O)OCc3ccc([N+](=O)[O-])cc3)=C(c3cn4cnc(-c5cscn5)c4s3)[C@H](C)[C@H]12. The lowest BCUT2D eigenvalue weighted by molar-refractivity contribution is -0.384. The Bertz CT molecular complexity index is 1600. The lowest BCUT2D eigenvalue weighted by Crippen LogP contribution is -2.63. The Balaban J connectivity index is 1.37. The first-order valence-corrected chi connectivity index (χ1v) is 13.5. The van der Waals surface area contributed by atoms with Crippen LogP contribution in [0.25, 0.3) is 21.8 Å². The van der Waals surface area contributed by atoms with Crippen LogP contribution in [0.5, 0.6) is 0 Å². The topological polar surface area (TPSA) is 140 Å². The number of hydrogen-bond acceptors (Lipinski definition) is 10. The molecule has 1 fully saturated rings. The number of ether oxygens (including phenoxy) is 1. The molecular weight excluding hydrogens is 530 g/mol. The highest BCUT2D eigenvalue weighted by Crippen LogP contribution is 2.52. The number of aromatic nitrogens is 3. The molecule has 38 heavy (non-hydrogen) atoms. The summed E-state index contributed by atoms with van der Waals surface area (Å²) >= 11 is 2.92. The first-order chi connectivity index (χ1) is 18.3. The lowest BCUT2D eigenvalue weighted by Gasteiger charge is -2.46. The van der Waals surface area contributed by atoms with E-state index in [2.05, 4.69) is 9.97 Å². The number of rotatable bonds is 7. The lowest BCUT2D eigenvalue weighted by atomic mass is 9.77. The minimum atomic E-state index is -0.859. The molecule has 4 atom stereocenters. The first kappa shape index (κ1) is 24.4. The molecule has 0 bridgehead atoms. The van der Waals surface area contributed by atoms with E-state index < -0.39 is 22.9 Å². The Kier molecular flexibility index (Phi) is 5.85. The van der Waals surface area contributed by atoms with Gasteiger partial charge in [-0.15, -0.1) is 22.7 Å². The van der Waals surface area contributed by atoms with Crippen LogP contribution in [0, 0.1) is 22.0 Å². The summed E-state index contributed by atoms with van der Waals surface area (Å²) in [5.41, 5.74) is 4.59. The average molecular weight is 552 g/mol. The summed E-state index contributed by atoms with van der Waals surface area (Å²) in [6, 6.07) is 5.37. The Labute approximate surface area is 223 Å². The number of esters is 1. The van der Waals surface area contributed by atoms with Crippen LogP contribution < -0.4 is 0 Å². The highest BCUT2D eigenvalue weighted by atomic mass is 32.1. The van der Waals surface area contributed by atoms with E-state index in [1.54, 1.807) is 18.8 Å². The summed E-state index contributed by atoms with van der Waals surface area (Å²) in [5, 5.41) is 23.1. The van der Waals surface area contributed by atoms with Gasteiger partial charge in [-0.25, -0.2) is 14.8 Å². The molecule has 2 aliphatic heterocycles. The fourth-order valence-corrected chi connectivity index (χ4v) is 7.01. The molecule has 2 aliphatic rings. The maximum atomic E-state index is 13.5. The van der Waals surface area contributed by atoms with Crippen molar-refractivity contribution in [2.75, 3.05) is 0 Å². The Hall–Kier alpha value is -3.94. The van der Waals surface area contributed by atoms with Crippen LogP contribution in [0.3, 0.4) is 0 Å². The van der Waals surface area contributed by atoms with E-state index in [1.165, 1.54) is 51.8 Å². The summed E-state index contributed by atoms with van der Waals surface area (Å²) in [6.07, 6.45) is 2.71. The van der Waals surface area contributed by atoms with E-state index in [1.807, 2.05) is 22.9 Å². The zero-order valence-electron chi connectivity index (χ0n) is 20.2. The number of aliphatic hydroxyl groups excluding tert-OH is 1. The zero-order chi connectivity index (χ0) is 26.7. The molecule has 13 heteroatoms. The van der Waals surface area contributed by atoms with Crippen molar-refractivity contribution in [3.8, 4) is 11.4 Å². The van der Waals surface area contributed by atoms with E-state index in [0.717, 1.165) is 21.1 Å². The number of fused-ring (bicyclic) bond motifs is 2. The van der Waals surface area contributed by atoms with Crippen molar-refractivity contribution >= 4 is 50.6 Å². The number of hydrogen-bond donors (Lipinski definition) is 1. The number of β-lactam (4-membered cyclic amide) rings is 1. The van der Waals surface area contributed by atoms with Gasteiger partial charge < -0.3 is 14.7 Å². The second-order valence-corrected chi connectivity index (χ2v) is 11.0. The molecule has 194 valence electrons. The smallest absolute Gasteiger partial charge is 0.355 e. The van der Waals surface area contributed by atoms with Gasteiger partial charge in [0.1, 0.15) is 34.8 Å². The van der Waals surface area contributed by atoms with Crippen LogP contribution in [-0.2, 0) is 20.9 Å². The Morgan fingerprint density at radius 1 is 1.29 bits per heavy atom. The summed E-state index contributed by atoms with van der Waals surface area (Å²) in [4.78, 5) is 48.9. The van der Waals surface area contributed by atoms with E-state index >= 15 is 0 Å². The molecule has 0 spiro atoms. The van der Waals surface area contributed by atoms with Crippen molar-refractivity contribution in [3.05, 3.63) is 73.9 Å². The number of carbonyl (C=O) groups is 2. The Morgan fingerprint density at radius 3 is 2.71 bits per heavy atom. The number of imidazole rings is 1. The van der Waals surface area contributed by atoms with Gasteiger partial charge in [-0.2, -0.15) is 0 Å². The maximum Gasteiger partial charge on any atom is 0.355 e. The van der Waals surface area contributed by atoms with Crippen LogP contribution in [-0.4, -0.2) is 53.3 Å². The third kappa shape index (κ3) is 3.73. The molecule has 1 aromatic carbocycles. The molecule has 6 rings (SSSR count). The molecule has 0 saturated carbocycles. The minimum Gasteiger partial charge on any atom is -0.456 e. The maximum absolute atomic E-state index is 13.5. The highest BCUT2D eigenvalue weighted by Gasteiger charge is 2.60. The molecule has 3 aromatic heterocycles. The summed E-state index contributed by atoms with van der Waals surface area (Å²) in [5.74, 6) is -1.82. The van der Waals surface area contributed by atoms with Gasteiger partial charge in [0.25, 0.3) is 5.69 Å². The molecule has 4 aromatic rings. The van der Waals surface area contributed by atoms with E-state index in [0.29, 0.717) is 11.1 Å². The van der Waals surface area contributed by atoms with Gasteiger partial charge in [0, 0.05) is 35.2 Å². The number of nitro benzene ring substituents is 1. The van der Waals surface area contributed by atoms with Crippen LogP contribution >= 0.6 is 22.7 Å². The van der Waals surface area contributed by atoms with Crippen molar-refractivity contribution in [3.63, 3.8) is 0 Å². The molecule has 0 unspecified atom stereocenters. The quantitative estimate of drug-likeness (QED) is 0.159. The standard InChI is InChI=1S/C25H21N5O6S2/c1-12-18(17-7-28-10-26-20(24(28)38-17)16-9-37-11-27-16)22(29-21(12)19(13(2)31)23(29)32)25(33)36-8-14-3-5-15(6-4-14)30(34)35/h3-7,9-13,19,21,31H,8H2,1-2H3/t12-,13+,19+,21+/m0/s1. The second-order valence-electron chi connectivity index (χ2n) is 9.29. The monoisotopic (exact) mass is 551 g/mol. The van der Waals surface area contributed by atoms with E-state index in [-0.39, 0.29) is 35.9 Å².